The molecule has 32 heavy (non-hydrogen) atoms. The molecular weight excluding hydrogens is 416 g/mol. The molecule has 10 heteroatoms. The third-order valence-corrected chi connectivity index (χ3v) is 5.38. The van der Waals surface area contributed by atoms with Gasteiger partial charge in [0.15, 0.2) is 0 Å². The van der Waals surface area contributed by atoms with Crippen LogP contribution < -0.4 is 10.6 Å². The molecule has 0 aromatic heterocycles. The molecule has 190 valence electrons. The molecule has 2 fully saturated rings. The first kappa shape index (κ1) is 27.8. The van der Waals surface area contributed by atoms with Crippen molar-refractivity contribution >= 4 is 0 Å². The van der Waals surface area contributed by atoms with E-state index in [0.717, 1.165) is 91.9 Å². The van der Waals surface area contributed by atoms with Gasteiger partial charge in [-0.2, -0.15) is 0 Å². The number of hydrogen-bond acceptors (Lipinski definition) is 10. The highest BCUT2D eigenvalue weighted by Gasteiger charge is 2.11. The minimum atomic E-state index is 0.624. The van der Waals surface area contributed by atoms with Gasteiger partial charge in [-0.1, -0.05) is 0 Å². The summed E-state index contributed by atoms with van der Waals surface area (Å²) in [6.07, 6.45) is 0. The van der Waals surface area contributed by atoms with E-state index in [1.165, 1.54) is 0 Å². The maximum absolute atomic E-state index is 5.80. The molecular formula is C22H46N4O6. The quantitative estimate of drug-likeness (QED) is 0.463. The Hall–Kier alpha value is -0.400. The van der Waals surface area contributed by atoms with Gasteiger partial charge in [-0.15, -0.1) is 0 Å². The second kappa shape index (κ2) is 21.2. The summed E-state index contributed by atoms with van der Waals surface area (Å²) in [6.45, 7) is 17.1. The average molecular weight is 463 g/mol. The van der Waals surface area contributed by atoms with Crippen molar-refractivity contribution in [2.24, 2.45) is 0 Å². The normalized spacial score (nSPS) is 29.2. The van der Waals surface area contributed by atoms with Gasteiger partial charge in [-0.25, -0.2) is 0 Å². The highest BCUT2D eigenvalue weighted by molar-refractivity contribution is 4.65. The Balaban J connectivity index is 1.82. The molecule has 10 nitrogen and oxygen atoms in total. The lowest BCUT2D eigenvalue weighted by Crippen LogP contribution is -2.41. The molecule has 0 saturated carbocycles. The van der Waals surface area contributed by atoms with Gasteiger partial charge < -0.3 is 39.1 Å². The van der Waals surface area contributed by atoms with Crippen LogP contribution in [0.25, 0.3) is 0 Å². The molecule has 0 aromatic carbocycles. The van der Waals surface area contributed by atoms with Crippen molar-refractivity contribution in [2.75, 3.05) is 145 Å². The van der Waals surface area contributed by atoms with Crippen LogP contribution in [-0.4, -0.2) is 155 Å². The predicted molar refractivity (Wildman–Crippen MR) is 124 cm³/mol. The molecule has 0 aromatic rings. The lowest BCUT2D eigenvalue weighted by atomic mass is 10.4. The van der Waals surface area contributed by atoms with Gasteiger partial charge in [0.2, 0.25) is 0 Å². The molecule has 2 bridgehead atoms. The minimum Gasteiger partial charge on any atom is -0.379 e. The third-order valence-electron chi connectivity index (χ3n) is 5.38. The summed E-state index contributed by atoms with van der Waals surface area (Å²) in [5.41, 5.74) is 0. The van der Waals surface area contributed by atoms with Crippen LogP contribution in [0, 0.1) is 0 Å². The maximum atomic E-state index is 5.80. The van der Waals surface area contributed by atoms with Crippen molar-refractivity contribution in [2.45, 2.75) is 0 Å². The van der Waals surface area contributed by atoms with Crippen LogP contribution in [0.5, 0.6) is 0 Å². The van der Waals surface area contributed by atoms with E-state index in [1.54, 1.807) is 0 Å². The van der Waals surface area contributed by atoms with E-state index in [9.17, 15) is 0 Å². The zero-order chi connectivity index (χ0) is 22.4. The summed E-state index contributed by atoms with van der Waals surface area (Å²) >= 11 is 0. The molecule has 2 N–H and O–H groups in total. The van der Waals surface area contributed by atoms with Gasteiger partial charge in [0.25, 0.3) is 0 Å². The minimum absolute atomic E-state index is 0.624. The number of hydrogen-bond donors (Lipinski definition) is 2. The first-order valence-electron chi connectivity index (χ1n) is 12.3. The van der Waals surface area contributed by atoms with Crippen molar-refractivity contribution in [3.05, 3.63) is 0 Å². The first-order chi connectivity index (χ1) is 15.9. The first-order valence-corrected chi connectivity index (χ1v) is 12.3. The van der Waals surface area contributed by atoms with Crippen LogP contribution in [-0.2, 0) is 28.4 Å². The number of nitrogens with zero attached hydrogens (tertiary/aromatic N) is 2. The topological polar surface area (TPSA) is 85.9 Å². The summed E-state index contributed by atoms with van der Waals surface area (Å²) < 4.78 is 34.4. The zero-order valence-corrected chi connectivity index (χ0v) is 19.9. The van der Waals surface area contributed by atoms with Crippen molar-refractivity contribution < 1.29 is 28.4 Å². The summed E-state index contributed by atoms with van der Waals surface area (Å²) in [5.74, 6) is 0. The van der Waals surface area contributed by atoms with Crippen LogP contribution in [0.15, 0.2) is 0 Å². The van der Waals surface area contributed by atoms with Gasteiger partial charge in [0.05, 0.1) is 79.3 Å². The number of ether oxygens (including phenoxy) is 6. The van der Waals surface area contributed by atoms with Crippen molar-refractivity contribution in [3.8, 4) is 0 Å². The Morgan fingerprint density at radius 3 is 0.938 bits per heavy atom. The smallest absolute Gasteiger partial charge is 0.0701 e. The van der Waals surface area contributed by atoms with Gasteiger partial charge >= 0.3 is 0 Å². The Kier molecular flexibility index (Phi) is 18.4. The Labute approximate surface area is 194 Å². The van der Waals surface area contributed by atoms with Crippen LogP contribution in [0.4, 0.5) is 0 Å². The monoisotopic (exact) mass is 462 g/mol. The van der Waals surface area contributed by atoms with E-state index in [2.05, 4.69) is 20.4 Å². The SMILES string of the molecule is C1COCCOCCN2CCOCCNCCOCCN(CCOCCOCCN1)CC2. The highest BCUT2D eigenvalue weighted by Crippen LogP contribution is 1.97. The lowest BCUT2D eigenvalue weighted by molar-refractivity contribution is 0.0294. The molecule has 2 heterocycles. The zero-order valence-electron chi connectivity index (χ0n) is 19.9. The second-order valence-corrected chi connectivity index (χ2v) is 7.86. The van der Waals surface area contributed by atoms with E-state index in [0.29, 0.717) is 52.9 Å². The van der Waals surface area contributed by atoms with Crippen LogP contribution in [0.3, 0.4) is 0 Å². The molecule has 2 aliphatic rings. The van der Waals surface area contributed by atoms with E-state index in [4.69, 9.17) is 28.4 Å². The standard InChI is InChI=1S/C22H46N4O6/c1-11-27-15-7-25-5-6-26(8-16-28-12-2-23-1)10-18-32-22-20-30-14-4-24-3-13-29-19-21-31-17-9-25/h23-24H,1-22H2. The molecule has 0 spiro atoms. The van der Waals surface area contributed by atoms with E-state index in [-0.39, 0.29) is 0 Å². The fraction of sp³-hybridized carbons (Fsp3) is 1.00. The maximum Gasteiger partial charge on any atom is 0.0701 e. The van der Waals surface area contributed by atoms with E-state index in [1.807, 2.05) is 0 Å². The van der Waals surface area contributed by atoms with Gasteiger partial charge in [0.1, 0.15) is 0 Å². The molecule has 2 atom stereocenters. The third kappa shape index (κ3) is 16.2. The molecule has 0 aliphatic carbocycles. The average Bonchev–Trinajstić information content (AvgIpc) is 2.81. The predicted octanol–water partition coefficient (Wildman–Crippen LogP) is -1.10. The van der Waals surface area contributed by atoms with Gasteiger partial charge in [-0.05, 0) is 0 Å². The van der Waals surface area contributed by atoms with Gasteiger partial charge in [0, 0.05) is 65.4 Å². The van der Waals surface area contributed by atoms with Crippen molar-refractivity contribution in [3.63, 3.8) is 0 Å². The van der Waals surface area contributed by atoms with Crippen molar-refractivity contribution in [1.29, 1.82) is 0 Å². The van der Waals surface area contributed by atoms with Gasteiger partial charge in [-0.3, -0.25) is 9.80 Å². The fourth-order valence-corrected chi connectivity index (χ4v) is 3.40. The molecule has 0 amide bonds. The van der Waals surface area contributed by atoms with E-state index >= 15 is 0 Å². The Morgan fingerprint density at radius 1 is 0.312 bits per heavy atom. The molecule has 2 aliphatic heterocycles. The Morgan fingerprint density at radius 2 is 0.594 bits per heavy atom. The highest BCUT2D eigenvalue weighted by atomic mass is 16.5. The number of rotatable bonds is 0. The molecule has 2 unspecified atom stereocenters. The van der Waals surface area contributed by atoms with Crippen LogP contribution >= 0.6 is 0 Å². The Bertz CT molecular complexity index is 377. The molecule has 2 saturated heterocycles. The summed E-state index contributed by atoms with van der Waals surface area (Å²) in [4.78, 5) is 4.84. The van der Waals surface area contributed by atoms with Crippen LogP contribution in [0.1, 0.15) is 0 Å². The van der Waals surface area contributed by atoms with E-state index < -0.39 is 0 Å². The lowest BCUT2D eigenvalue weighted by Gasteiger charge is -2.27. The summed E-state index contributed by atoms with van der Waals surface area (Å²) in [6, 6.07) is 0. The largest absolute Gasteiger partial charge is 0.379 e. The summed E-state index contributed by atoms with van der Waals surface area (Å²) in [7, 11) is 0. The number of nitrogens with one attached hydrogen (secondary N) is 2. The summed E-state index contributed by atoms with van der Waals surface area (Å²) in [5, 5.41) is 6.67. The number of fused-ring (bicyclic) bond motifs is 3. The molecule has 2 rings (SSSR count). The van der Waals surface area contributed by atoms with Crippen LogP contribution in [0.2, 0.25) is 0 Å². The molecule has 0 radical (unpaired) electrons. The van der Waals surface area contributed by atoms with Crippen molar-refractivity contribution in [1.82, 2.24) is 20.4 Å². The fourth-order valence-electron chi connectivity index (χ4n) is 3.40. The second-order valence-electron chi connectivity index (χ2n) is 7.86.